The fourth-order valence-corrected chi connectivity index (χ4v) is 3.31. The van der Waals surface area contributed by atoms with Gasteiger partial charge in [0.25, 0.3) is 0 Å². The van der Waals surface area contributed by atoms with Gasteiger partial charge in [0.2, 0.25) is 0 Å². The van der Waals surface area contributed by atoms with Crippen LogP contribution in [0.25, 0.3) is 0 Å². The molecule has 0 radical (unpaired) electrons. The molecule has 1 aromatic rings. The van der Waals surface area contributed by atoms with Gasteiger partial charge in [-0.3, -0.25) is 11.3 Å². The normalized spacial score (nSPS) is 19.8. The van der Waals surface area contributed by atoms with Crippen LogP contribution in [0.4, 0.5) is 4.39 Å². The lowest BCUT2D eigenvalue weighted by atomic mass is 9.77. The molecule has 1 fully saturated rings. The van der Waals surface area contributed by atoms with E-state index in [1.54, 1.807) is 6.07 Å². The third-order valence-electron chi connectivity index (χ3n) is 4.35. The number of hydrogen-bond donors (Lipinski definition) is 2. The van der Waals surface area contributed by atoms with Gasteiger partial charge in [-0.1, -0.05) is 37.5 Å². The van der Waals surface area contributed by atoms with Crippen LogP contribution in [0.5, 0.6) is 0 Å². The van der Waals surface area contributed by atoms with Crippen molar-refractivity contribution in [1.82, 2.24) is 5.43 Å². The van der Waals surface area contributed by atoms with Crippen molar-refractivity contribution in [2.75, 3.05) is 6.61 Å². The van der Waals surface area contributed by atoms with Crippen LogP contribution in [0.1, 0.15) is 44.6 Å². The van der Waals surface area contributed by atoms with E-state index in [9.17, 15) is 4.39 Å². The van der Waals surface area contributed by atoms with Crippen molar-refractivity contribution in [2.24, 2.45) is 5.84 Å². The molecular weight excluding hydrogens is 255 g/mol. The van der Waals surface area contributed by atoms with Gasteiger partial charge in [0.1, 0.15) is 5.82 Å². The quantitative estimate of drug-likeness (QED) is 0.622. The summed E-state index contributed by atoms with van der Waals surface area (Å²) < 4.78 is 19.9. The number of halogens is 1. The number of hydrogen-bond acceptors (Lipinski definition) is 3. The summed E-state index contributed by atoms with van der Waals surface area (Å²) in [7, 11) is 0. The van der Waals surface area contributed by atoms with E-state index in [4.69, 9.17) is 10.6 Å². The monoisotopic (exact) mass is 280 g/mol. The summed E-state index contributed by atoms with van der Waals surface area (Å²) in [6.07, 6.45) is 6.08. The van der Waals surface area contributed by atoms with Gasteiger partial charge in [-0.05, 0) is 37.8 Å². The zero-order valence-corrected chi connectivity index (χ0v) is 12.2. The maximum Gasteiger partial charge on any atom is 0.126 e. The lowest BCUT2D eigenvalue weighted by Gasteiger charge is -2.43. The summed E-state index contributed by atoms with van der Waals surface area (Å²) in [6, 6.07) is 6.84. The molecule has 0 aliphatic heterocycles. The Labute approximate surface area is 120 Å². The second-order valence-corrected chi connectivity index (χ2v) is 5.57. The average molecular weight is 280 g/mol. The molecule has 112 valence electrons. The van der Waals surface area contributed by atoms with Gasteiger partial charge in [-0.2, -0.15) is 0 Å². The molecule has 2 rings (SSSR count). The molecule has 0 aromatic heterocycles. The number of benzene rings is 1. The summed E-state index contributed by atoms with van der Waals surface area (Å²) in [5.41, 5.74) is 3.32. The zero-order chi connectivity index (χ0) is 14.4. The molecule has 20 heavy (non-hydrogen) atoms. The lowest BCUT2D eigenvalue weighted by molar-refractivity contribution is -0.0899. The van der Waals surface area contributed by atoms with Crippen molar-refractivity contribution >= 4 is 0 Å². The molecule has 3 nitrogen and oxygen atoms in total. The highest BCUT2D eigenvalue weighted by molar-refractivity contribution is 5.19. The highest BCUT2D eigenvalue weighted by Crippen LogP contribution is 2.35. The van der Waals surface area contributed by atoms with E-state index >= 15 is 0 Å². The number of rotatable bonds is 6. The Hall–Kier alpha value is -0.970. The first-order valence-electron chi connectivity index (χ1n) is 7.55. The minimum Gasteiger partial charge on any atom is -0.374 e. The molecular formula is C16H25FN2O. The summed E-state index contributed by atoms with van der Waals surface area (Å²) in [4.78, 5) is 0. The lowest BCUT2D eigenvalue weighted by Crippen LogP contribution is -2.57. The fraction of sp³-hybridized carbons (Fsp3) is 0.625. The van der Waals surface area contributed by atoms with Crippen LogP contribution in [-0.2, 0) is 11.2 Å². The third kappa shape index (κ3) is 3.37. The zero-order valence-electron chi connectivity index (χ0n) is 12.2. The minimum atomic E-state index is -0.260. The second-order valence-electron chi connectivity index (χ2n) is 5.57. The Bertz CT molecular complexity index is 413. The number of nitrogens with two attached hydrogens (primary N) is 1. The van der Waals surface area contributed by atoms with Gasteiger partial charge in [-0.15, -0.1) is 0 Å². The van der Waals surface area contributed by atoms with Crippen LogP contribution in [0.2, 0.25) is 0 Å². The van der Waals surface area contributed by atoms with Crippen LogP contribution in [-0.4, -0.2) is 18.2 Å². The van der Waals surface area contributed by atoms with Crippen molar-refractivity contribution in [3.8, 4) is 0 Å². The summed E-state index contributed by atoms with van der Waals surface area (Å²) in [5, 5.41) is 0. The van der Waals surface area contributed by atoms with Gasteiger partial charge in [0.05, 0.1) is 11.6 Å². The van der Waals surface area contributed by atoms with Crippen molar-refractivity contribution < 1.29 is 9.13 Å². The first-order chi connectivity index (χ1) is 9.72. The van der Waals surface area contributed by atoms with Gasteiger partial charge < -0.3 is 4.74 Å². The SMILES string of the molecule is CCOC1(C(Cc2ccccc2F)NN)CCCCC1. The first kappa shape index (κ1) is 15.4. The molecule has 1 atom stereocenters. The predicted molar refractivity (Wildman–Crippen MR) is 78.7 cm³/mol. The molecule has 1 aliphatic rings. The maximum atomic E-state index is 13.9. The Balaban J connectivity index is 2.18. The van der Waals surface area contributed by atoms with Crippen LogP contribution >= 0.6 is 0 Å². The molecule has 0 spiro atoms. The standard InChI is InChI=1S/C16H25FN2O/c1-2-20-16(10-6-3-7-11-16)15(19-18)12-13-8-4-5-9-14(13)17/h4-5,8-9,15,19H,2-3,6-7,10-12,18H2,1H3. The molecule has 1 aromatic carbocycles. The summed E-state index contributed by atoms with van der Waals surface area (Å²) in [6.45, 7) is 2.67. The molecule has 0 amide bonds. The smallest absolute Gasteiger partial charge is 0.126 e. The third-order valence-corrected chi connectivity index (χ3v) is 4.35. The van der Waals surface area contributed by atoms with Gasteiger partial charge in [-0.25, -0.2) is 4.39 Å². The summed E-state index contributed by atoms with van der Waals surface area (Å²) >= 11 is 0. The molecule has 1 unspecified atom stereocenters. The van der Waals surface area contributed by atoms with Crippen LogP contribution in [0.3, 0.4) is 0 Å². The minimum absolute atomic E-state index is 0.0559. The predicted octanol–water partition coefficient (Wildman–Crippen LogP) is 2.94. The number of hydrazine groups is 1. The summed E-state index contributed by atoms with van der Waals surface area (Å²) in [5.74, 6) is 5.59. The molecule has 0 heterocycles. The molecule has 3 N–H and O–H groups in total. The van der Waals surface area contributed by atoms with Gasteiger partial charge >= 0.3 is 0 Å². The molecule has 0 bridgehead atoms. The van der Waals surface area contributed by atoms with E-state index in [2.05, 4.69) is 5.43 Å². The molecule has 0 saturated heterocycles. The first-order valence-corrected chi connectivity index (χ1v) is 7.55. The Morgan fingerprint density at radius 3 is 2.60 bits per heavy atom. The number of ether oxygens (including phenoxy) is 1. The Morgan fingerprint density at radius 1 is 1.30 bits per heavy atom. The van der Waals surface area contributed by atoms with Crippen molar-refractivity contribution in [1.29, 1.82) is 0 Å². The molecule has 1 saturated carbocycles. The van der Waals surface area contributed by atoms with E-state index in [1.807, 2.05) is 19.1 Å². The second kappa shape index (κ2) is 7.16. The van der Waals surface area contributed by atoms with Crippen molar-refractivity contribution in [3.05, 3.63) is 35.6 Å². The molecule has 1 aliphatic carbocycles. The average Bonchev–Trinajstić information content (AvgIpc) is 2.47. The van der Waals surface area contributed by atoms with Gasteiger partial charge in [0, 0.05) is 6.61 Å². The topological polar surface area (TPSA) is 47.3 Å². The van der Waals surface area contributed by atoms with E-state index in [0.29, 0.717) is 18.6 Å². The maximum absolute atomic E-state index is 13.9. The van der Waals surface area contributed by atoms with Crippen LogP contribution < -0.4 is 11.3 Å². The number of nitrogens with one attached hydrogen (secondary N) is 1. The van der Waals surface area contributed by atoms with E-state index in [1.165, 1.54) is 12.5 Å². The van der Waals surface area contributed by atoms with Crippen molar-refractivity contribution in [3.63, 3.8) is 0 Å². The highest BCUT2D eigenvalue weighted by atomic mass is 19.1. The van der Waals surface area contributed by atoms with Crippen LogP contribution in [0, 0.1) is 5.82 Å². The molecule has 4 heteroatoms. The van der Waals surface area contributed by atoms with E-state index in [0.717, 1.165) is 25.7 Å². The highest BCUT2D eigenvalue weighted by Gasteiger charge is 2.40. The fourth-order valence-electron chi connectivity index (χ4n) is 3.31. The van der Waals surface area contributed by atoms with Crippen molar-refractivity contribution in [2.45, 2.75) is 57.1 Å². The van der Waals surface area contributed by atoms with Crippen LogP contribution in [0.15, 0.2) is 24.3 Å². The van der Waals surface area contributed by atoms with Gasteiger partial charge in [0.15, 0.2) is 0 Å². The Morgan fingerprint density at radius 2 is 2.00 bits per heavy atom. The Kier molecular flexibility index (Phi) is 5.52. The largest absolute Gasteiger partial charge is 0.374 e. The van der Waals surface area contributed by atoms with E-state index in [-0.39, 0.29) is 17.5 Å². The van der Waals surface area contributed by atoms with E-state index < -0.39 is 0 Å².